The van der Waals surface area contributed by atoms with Gasteiger partial charge in [-0.05, 0) is 19.8 Å². The van der Waals surface area contributed by atoms with E-state index in [1.54, 1.807) is 7.11 Å². The van der Waals surface area contributed by atoms with Crippen LogP contribution in [0.1, 0.15) is 38.4 Å². The molecule has 1 heterocycles. The second kappa shape index (κ2) is 5.96. The van der Waals surface area contributed by atoms with Crippen LogP contribution < -0.4 is 5.73 Å². The van der Waals surface area contributed by atoms with Crippen molar-refractivity contribution in [3.8, 4) is 0 Å². The van der Waals surface area contributed by atoms with Crippen molar-refractivity contribution in [3.63, 3.8) is 0 Å². The first kappa shape index (κ1) is 13.1. The Hall–Kier alpha value is -0.940. The SMILES string of the molecule is CCC(C)(CN)c1nc(CCCOC)no1. The molecule has 16 heavy (non-hydrogen) atoms. The third kappa shape index (κ3) is 3.02. The fraction of sp³-hybridized carbons (Fsp3) is 0.818. The van der Waals surface area contributed by atoms with Crippen molar-refractivity contribution in [2.75, 3.05) is 20.3 Å². The summed E-state index contributed by atoms with van der Waals surface area (Å²) >= 11 is 0. The van der Waals surface area contributed by atoms with Crippen LogP contribution in [-0.4, -0.2) is 30.4 Å². The number of aryl methyl sites for hydroxylation is 1. The van der Waals surface area contributed by atoms with Gasteiger partial charge < -0.3 is 15.0 Å². The molecule has 5 heteroatoms. The standard InChI is InChI=1S/C11H21N3O2/c1-4-11(2,8-12)10-13-9(14-16-10)6-5-7-15-3/h4-8,12H2,1-3H3. The van der Waals surface area contributed by atoms with Gasteiger partial charge in [-0.1, -0.05) is 12.1 Å². The number of rotatable bonds is 7. The van der Waals surface area contributed by atoms with E-state index in [1.165, 1.54) is 0 Å². The van der Waals surface area contributed by atoms with Crippen LogP contribution in [0.4, 0.5) is 0 Å². The minimum absolute atomic E-state index is 0.202. The molecule has 2 N–H and O–H groups in total. The fourth-order valence-corrected chi connectivity index (χ4v) is 1.36. The van der Waals surface area contributed by atoms with Gasteiger partial charge in [-0.2, -0.15) is 4.98 Å². The first-order valence-electron chi connectivity index (χ1n) is 5.68. The second-order valence-electron chi connectivity index (χ2n) is 4.23. The average molecular weight is 227 g/mol. The molecule has 1 atom stereocenters. The van der Waals surface area contributed by atoms with Gasteiger partial charge in [-0.3, -0.25) is 0 Å². The van der Waals surface area contributed by atoms with Crippen molar-refractivity contribution < 1.29 is 9.26 Å². The van der Waals surface area contributed by atoms with E-state index in [0.717, 1.165) is 25.1 Å². The number of hydrogen-bond donors (Lipinski definition) is 1. The zero-order chi connectivity index (χ0) is 12.0. The van der Waals surface area contributed by atoms with Crippen LogP contribution >= 0.6 is 0 Å². The predicted molar refractivity (Wildman–Crippen MR) is 61.2 cm³/mol. The van der Waals surface area contributed by atoms with Gasteiger partial charge in [-0.25, -0.2) is 0 Å². The highest BCUT2D eigenvalue weighted by Gasteiger charge is 2.29. The monoisotopic (exact) mass is 227 g/mol. The molecular formula is C11H21N3O2. The lowest BCUT2D eigenvalue weighted by atomic mass is 9.88. The summed E-state index contributed by atoms with van der Waals surface area (Å²) in [6.07, 6.45) is 2.58. The summed E-state index contributed by atoms with van der Waals surface area (Å²) in [6.45, 7) is 5.34. The Kier molecular flexibility index (Phi) is 4.89. The molecular weight excluding hydrogens is 206 g/mol. The Morgan fingerprint density at radius 2 is 2.25 bits per heavy atom. The highest BCUT2D eigenvalue weighted by atomic mass is 16.5. The van der Waals surface area contributed by atoms with E-state index in [1.807, 2.05) is 6.92 Å². The van der Waals surface area contributed by atoms with E-state index in [4.69, 9.17) is 15.0 Å². The molecule has 1 aromatic rings. The minimum Gasteiger partial charge on any atom is -0.385 e. The van der Waals surface area contributed by atoms with Gasteiger partial charge in [0, 0.05) is 26.7 Å². The molecule has 0 amide bonds. The smallest absolute Gasteiger partial charge is 0.233 e. The largest absolute Gasteiger partial charge is 0.385 e. The molecule has 0 radical (unpaired) electrons. The molecule has 1 unspecified atom stereocenters. The number of nitrogens with zero attached hydrogens (tertiary/aromatic N) is 2. The van der Waals surface area contributed by atoms with E-state index in [9.17, 15) is 0 Å². The van der Waals surface area contributed by atoms with Gasteiger partial charge in [-0.15, -0.1) is 0 Å². The third-order valence-corrected chi connectivity index (χ3v) is 2.96. The van der Waals surface area contributed by atoms with Crippen LogP contribution in [0.5, 0.6) is 0 Å². The maximum Gasteiger partial charge on any atom is 0.233 e. The lowest BCUT2D eigenvalue weighted by molar-refractivity contribution is 0.194. The lowest BCUT2D eigenvalue weighted by Gasteiger charge is -2.20. The second-order valence-corrected chi connectivity index (χ2v) is 4.23. The van der Waals surface area contributed by atoms with Gasteiger partial charge in [0.25, 0.3) is 0 Å². The third-order valence-electron chi connectivity index (χ3n) is 2.96. The van der Waals surface area contributed by atoms with E-state index in [0.29, 0.717) is 19.0 Å². The van der Waals surface area contributed by atoms with Crippen LogP contribution in [0.2, 0.25) is 0 Å². The van der Waals surface area contributed by atoms with Crippen LogP contribution in [0, 0.1) is 0 Å². The Morgan fingerprint density at radius 3 is 2.81 bits per heavy atom. The van der Waals surface area contributed by atoms with Crippen molar-refractivity contribution >= 4 is 0 Å². The van der Waals surface area contributed by atoms with Gasteiger partial charge in [0.05, 0.1) is 5.41 Å². The van der Waals surface area contributed by atoms with Gasteiger partial charge in [0.2, 0.25) is 5.89 Å². The Labute approximate surface area is 96.4 Å². The van der Waals surface area contributed by atoms with Gasteiger partial charge in [0.15, 0.2) is 5.82 Å². The molecule has 0 aromatic carbocycles. The van der Waals surface area contributed by atoms with Crippen molar-refractivity contribution in [2.24, 2.45) is 5.73 Å². The summed E-state index contributed by atoms with van der Waals surface area (Å²) in [5.41, 5.74) is 5.53. The molecule has 0 saturated carbocycles. The summed E-state index contributed by atoms with van der Waals surface area (Å²) in [5.74, 6) is 1.38. The van der Waals surface area contributed by atoms with Crippen LogP contribution in [0.25, 0.3) is 0 Å². The molecule has 1 rings (SSSR count). The van der Waals surface area contributed by atoms with Gasteiger partial charge >= 0.3 is 0 Å². The molecule has 0 spiro atoms. The van der Waals surface area contributed by atoms with Crippen LogP contribution in [0.3, 0.4) is 0 Å². The van der Waals surface area contributed by atoms with E-state index < -0.39 is 0 Å². The first-order valence-corrected chi connectivity index (χ1v) is 5.68. The number of aromatic nitrogens is 2. The molecule has 92 valence electrons. The number of hydrogen-bond acceptors (Lipinski definition) is 5. The Bertz CT molecular complexity index is 308. The molecule has 0 aliphatic carbocycles. The predicted octanol–water partition coefficient (Wildman–Crippen LogP) is 1.27. The molecule has 0 fully saturated rings. The van der Waals surface area contributed by atoms with Crippen molar-refractivity contribution in [1.29, 1.82) is 0 Å². The number of nitrogens with two attached hydrogens (primary N) is 1. The lowest BCUT2D eigenvalue weighted by Crippen LogP contribution is -2.31. The minimum atomic E-state index is -0.202. The highest BCUT2D eigenvalue weighted by Crippen LogP contribution is 2.24. The quantitative estimate of drug-likeness (QED) is 0.710. The van der Waals surface area contributed by atoms with Gasteiger partial charge in [0.1, 0.15) is 0 Å². The summed E-state index contributed by atoms with van der Waals surface area (Å²) in [5, 5.41) is 3.95. The highest BCUT2D eigenvalue weighted by molar-refractivity contribution is 5.03. The van der Waals surface area contributed by atoms with Crippen molar-refractivity contribution in [2.45, 2.75) is 38.5 Å². The zero-order valence-corrected chi connectivity index (χ0v) is 10.3. The Balaban J connectivity index is 2.63. The summed E-state index contributed by atoms with van der Waals surface area (Å²) in [6, 6.07) is 0. The van der Waals surface area contributed by atoms with E-state index >= 15 is 0 Å². The van der Waals surface area contributed by atoms with Crippen molar-refractivity contribution in [1.82, 2.24) is 10.1 Å². The molecule has 0 aliphatic rings. The number of ether oxygens (including phenoxy) is 1. The van der Waals surface area contributed by atoms with Crippen LogP contribution in [-0.2, 0) is 16.6 Å². The molecule has 0 bridgehead atoms. The summed E-state index contributed by atoms with van der Waals surface area (Å²) in [7, 11) is 1.68. The normalized spacial score (nSPS) is 15.0. The molecule has 0 aliphatic heterocycles. The average Bonchev–Trinajstić information content (AvgIpc) is 2.78. The maximum absolute atomic E-state index is 5.73. The van der Waals surface area contributed by atoms with E-state index in [2.05, 4.69) is 17.1 Å². The fourth-order valence-electron chi connectivity index (χ4n) is 1.36. The summed E-state index contributed by atoms with van der Waals surface area (Å²) in [4.78, 5) is 4.38. The topological polar surface area (TPSA) is 74.2 Å². The molecule has 1 aromatic heterocycles. The molecule has 0 saturated heterocycles. The molecule has 5 nitrogen and oxygen atoms in total. The zero-order valence-electron chi connectivity index (χ0n) is 10.3. The Morgan fingerprint density at radius 1 is 1.50 bits per heavy atom. The van der Waals surface area contributed by atoms with E-state index in [-0.39, 0.29) is 5.41 Å². The van der Waals surface area contributed by atoms with Crippen molar-refractivity contribution in [3.05, 3.63) is 11.7 Å². The number of methoxy groups -OCH3 is 1. The van der Waals surface area contributed by atoms with Crippen LogP contribution in [0.15, 0.2) is 4.52 Å². The first-order chi connectivity index (χ1) is 7.66. The summed E-state index contributed by atoms with van der Waals surface area (Å²) < 4.78 is 10.2. The maximum atomic E-state index is 5.73.